The molecule has 0 aliphatic carbocycles. The first-order chi connectivity index (χ1) is 13.6. The maximum Gasteiger partial charge on any atom is 0.256 e. The van der Waals surface area contributed by atoms with Gasteiger partial charge in [-0.1, -0.05) is 41.9 Å². The number of carbonyl (C=O) groups is 1. The van der Waals surface area contributed by atoms with Gasteiger partial charge < -0.3 is 14.6 Å². The van der Waals surface area contributed by atoms with Crippen LogP contribution in [-0.2, 0) is 13.0 Å². The van der Waals surface area contributed by atoms with Gasteiger partial charge in [-0.05, 0) is 29.8 Å². The van der Waals surface area contributed by atoms with E-state index in [1.54, 1.807) is 6.26 Å². The van der Waals surface area contributed by atoms with Crippen LogP contribution in [0.5, 0.6) is 0 Å². The van der Waals surface area contributed by atoms with Crippen LogP contribution >= 0.6 is 11.6 Å². The largest absolute Gasteiger partial charge is 0.463 e. The van der Waals surface area contributed by atoms with Crippen LogP contribution in [0.25, 0.3) is 0 Å². The average Bonchev–Trinajstić information content (AvgIpc) is 3.22. The van der Waals surface area contributed by atoms with Crippen LogP contribution in [-0.4, -0.2) is 19.0 Å². The van der Waals surface area contributed by atoms with Crippen LogP contribution in [0, 0.1) is 5.82 Å². The Kier molecular flexibility index (Phi) is 5.46. The Labute approximate surface area is 167 Å². The third-order valence-corrected chi connectivity index (χ3v) is 5.60. The number of hydrogen-bond acceptors (Lipinski definition) is 2. The summed E-state index contributed by atoms with van der Waals surface area (Å²) in [5, 5.41) is 2.95. The minimum absolute atomic E-state index is 0.0714. The van der Waals surface area contributed by atoms with E-state index in [4.69, 9.17) is 16.0 Å². The smallest absolute Gasteiger partial charge is 0.256 e. The van der Waals surface area contributed by atoms with Crippen molar-refractivity contribution in [2.24, 2.45) is 0 Å². The molecule has 0 fully saturated rings. The fraction of sp³-hybridized carbons (Fsp3) is 0.227. The second-order valence-electron chi connectivity index (χ2n) is 6.98. The molecule has 2 aromatic carbocycles. The standard InChI is InChI=1S/C22H20ClFN2O2/c23-17-7-3-8-18(24)21(17)22(27)25-13-19(20-9-4-12-28-20)26-11-10-15-5-1-2-6-16(15)14-26/h1-9,12,19H,10-11,13-14H2,(H,25,27)/p+1/t19-/m1/s1. The van der Waals surface area contributed by atoms with E-state index in [9.17, 15) is 9.18 Å². The predicted octanol–water partition coefficient (Wildman–Crippen LogP) is 3.18. The fourth-order valence-electron chi connectivity index (χ4n) is 3.83. The third kappa shape index (κ3) is 3.81. The molecule has 6 heteroatoms. The molecule has 0 saturated carbocycles. The van der Waals surface area contributed by atoms with Crippen LogP contribution in [0.4, 0.5) is 4.39 Å². The average molecular weight is 400 g/mol. The highest BCUT2D eigenvalue weighted by molar-refractivity contribution is 6.33. The van der Waals surface area contributed by atoms with E-state index in [2.05, 4.69) is 23.5 Å². The molecule has 1 amide bonds. The first kappa shape index (κ1) is 18.7. The zero-order valence-corrected chi connectivity index (χ0v) is 16.0. The number of hydrogen-bond donors (Lipinski definition) is 2. The highest BCUT2D eigenvalue weighted by atomic mass is 35.5. The van der Waals surface area contributed by atoms with Crippen LogP contribution in [0.15, 0.2) is 65.3 Å². The molecule has 3 aromatic rings. The summed E-state index contributed by atoms with van der Waals surface area (Å²) in [6.07, 6.45) is 2.60. The Morgan fingerprint density at radius 1 is 1.14 bits per heavy atom. The molecule has 1 unspecified atom stereocenters. The van der Waals surface area contributed by atoms with Gasteiger partial charge in [0.15, 0.2) is 11.8 Å². The van der Waals surface area contributed by atoms with E-state index >= 15 is 0 Å². The quantitative estimate of drug-likeness (QED) is 0.692. The minimum Gasteiger partial charge on any atom is -0.463 e. The molecule has 4 rings (SSSR count). The predicted molar refractivity (Wildman–Crippen MR) is 105 cm³/mol. The zero-order chi connectivity index (χ0) is 19.5. The van der Waals surface area contributed by atoms with E-state index < -0.39 is 11.7 Å². The highest BCUT2D eigenvalue weighted by Gasteiger charge is 2.31. The van der Waals surface area contributed by atoms with Gasteiger partial charge in [-0.2, -0.15) is 0 Å². The number of fused-ring (bicyclic) bond motifs is 1. The second-order valence-corrected chi connectivity index (χ2v) is 7.39. The van der Waals surface area contributed by atoms with Crippen molar-refractivity contribution in [3.63, 3.8) is 0 Å². The minimum atomic E-state index is -0.626. The molecule has 0 radical (unpaired) electrons. The Bertz CT molecular complexity index is 954. The molecule has 0 spiro atoms. The SMILES string of the molecule is O=C(NC[C@H](c1ccco1)[NH+]1CCc2ccccc2C1)c1c(F)cccc1Cl. The van der Waals surface area contributed by atoms with Crippen molar-refractivity contribution in [3.8, 4) is 0 Å². The number of rotatable bonds is 5. The lowest BCUT2D eigenvalue weighted by Gasteiger charge is -2.31. The lowest BCUT2D eigenvalue weighted by molar-refractivity contribution is -0.946. The lowest BCUT2D eigenvalue weighted by atomic mass is 9.98. The summed E-state index contributed by atoms with van der Waals surface area (Å²) in [6.45, 7) is 2.10. The molecule has 4 nitrogen and oxygen atoms in total. The van der Waals surface area contributed by atoms with Gasteiger partial charge in [0.25, 0.3) is 5.91 Å². The van der Waals surface area contributed by atoms with Crippen molar-refractivity contribution in [1.29, 1.82) is 0 Å². The van der Waals surface area contributed by atoms with Gasteiger partial charge in [-0.15, -0.1) is 0 Å². The van der Waals surface area contributed by atoms with Crippen LogP contribution in [0.2, 0.25) is 5.02 Å². The molecule has 2 N–H and O–H groups in total. The van der Waals surface area contributed by atoms with Gasteiger partial charge in [0.1, 0.15) is 12.4 Å². The number of halogens is 2. The lowest BCUT2D eigenvalue weighted by Crippen LogP contribution is -3.12. The van der Waals surface area contributed by atoms with Crippen LogP contribution < -0.4 is 10.2 Å². The maximum absolute atomic E-state index is 14.0. The molecular formula is C22H21ClFN2O2+. The van der Waals surface area contributed by atoms with Crippen LogP contribution in [0.3, 0.4) is 0 Å². The van der Waals surface area contributed by atoms with E-state index in [1.165, 1.54) is 34.2 Å². The molecule has 28 heavy (non-hydrogen) atoms. The fourth-order valence-corrected chi connectivity index (χ4v) is 4.08. The summed E-state index contributed by atoms with van der Waals surface area (Å²) >= 11 is 6.02. The van der Waals surface area contributed by atoms with E-state index in [0.29, 0.717) is 6.54 Å². The van der Waals surface area contributed by atoms with E-state index in [1.807, 2.05) is 18.2 Å². The Morgan fingerprint density at radius 2 is 1.96 bits per heavy atom. The number of benzene rings is 2. The number of quaternary nitrogens is 1. The van der Waals surface area contributed by atoms with Gasteiger partial charge in [-0.25, -0.2) is 4.39 Å². The van der Waals surface area contributed by atoms with Crippen molar-refractivity contribution >= 4 is 17.5 Å². The summed E-state index contributed by atoms with van der Waals surface area (Å²) in [6, 6.07) is 16.3. The van der Waals surface area contributed by atoms with Gasteiger partial charge in [0, 0.05) is 12.0 Å². The molecule has 144 valence electrons. The van der Waals surface area contributed by atoms with Crippen molar-refractivity contribution in [1.82, 2.24) is 5.32 Å². The Hall–Kier alpha value is -2.63. The highest BCUT2D eigenvalue weighted by Crippen LogP contribution is 2.19. The molecule has 1 aliphatic heterocycles. The molecule has 0 bridgehead atoms. The van der Waals surface area contributed by atoms with E-state index in [0.717, 1.165) is 25.3 Å². The van der Waals surface area contributed by atoms with Crippen molar-refractivity contribution < 1.29 is 18.5 Å². The molecule has 1 aliphatic rings. The molecular weight excluding hydrogens is 379 g/mol. The molecule has 1 aromatic heterocycles. The van der Waals surface area contributed by atoms with Gasteiger partial charge in [0.2, 0.25) is 0 Å². The van der Waals surface area contributed by atoms with Crippen molar-refractivity contribution in [2.45, 2.75) is 19.0 Å². The number of furan rings is 1. The number of amides is 1. The van der Waals surface area contributed by atoms with Crippen molar-refractivity contribution in [2.75, 3.05) is 13.1 Å². The zero-order valence-electron chi connectivity index (χ0n) is 15.3. The van der Waals surface area contributed by atoms with Crippen molar-refractivity contribution in [3.05, 3.63) is 94.2 Å². The third-order valence-electron chi connectivity index (χ3n) is 5.29. The van der Waals surface area contributed by atoms with Gasteiger partial charge in [-0.3, -0.25) is 4.79 Å². The first-order valence-electron chi connectivity index (χ1n) is 9.30. The second kappa shape index (κ2) is 8.17. The topological polar surface area (TPSA) is 46.7 Å². The molecule has 2 atom stereocenters. The number of carbonyl (C=O) groups excluding carboxylic acids is 1. The maximum atomic E-state index is 14.0. The molecule has 2 heterocycles. The summed E-state index contributed by atoms with van der Waals surface area (Å²) < 4.78 is 19.7. The van der Waals surface area contributed by atoms with E-state index in [-0.39, 0.29) is 16.6 Å². The summed E-state index contributed by atoms with van der Waals surface area (Å²) in [5.74, 6) is -0.343. The van der Waals surface area contributed by atoms with Gasteiger partial charge in [0.05, 0.1) is 29.9 Å². The summed E-state index contributed by atoms with van der Waals surface area (Å²) in [7, 11) is 0. The Morgan fingerprint density at radius 3 is 2.71 bits per heavy atom. The van der Waals surface area contributed by atoms with Gasteiger partial charge >= 0.3 is 0 Å². The van der Waals surface area contributed by atoms with Crippen LogP contribution in [0.1, 0.15) is 33.3 Å². The summed E-state index contributed by atoms with van der Waals surface area (Å²) in [4.78, 5) is 13.9. The molecule has 0 saturated heterocycles. The normalized spacial score (nSPS) is 17.0. The monoisotopic (exact) mass is 399 g/mol. The summed E-state index contributed by atoms with van der Waals surface area (Å²) in [5.41, 5.74) is 2.55. The Balaban J connectivity index is 1.53. The number of nitrogens with one attached hydrogen (secondary N) is 2. The first-order valence-corrected chi connectivity index (χ1v) is 9.68.